The number of rotatable bonds is 8. The average molecular weight is 398 g/mol. The summed E-state index contributed by atoms with van der Waals surface area (Å²) in [5.74, 6) is -0.923. The summed E-state index contributed by atoms with van der Waals surface area (Å²) in [5.41, 5.74) is 0.108. The Bertz CT molecular complexity index is 755. The number of amides is 2. The van der Waals surface area contributed by atoms with E-state index in [1.807, 2.05) is 0 Å². The van der Waals surface area contributed by atoms with Crippen molar-refractivity contribution in [3.05, 3.63) is 24.3 Å². The number of nitrogens with one attached hydrogen (secondary N) is 2. The van der Waals surface area contributed by atoms with Gasteiger partial charge in [0.25, 0.3) is 0 Å². The van der Waals surface area contributed by atoms with Gasteiger partial charge in [0.2, 0.25) is 11.8 Å². The van der Waals surface area contributed by atoms with Gasteiger partial charge in [-0.25, -0.2) is 8.42 Å². The second-order valence-electron chi connectivity index (χ2n) is 6.82. The number of carbonyl (C=O) groups excluding carboxylic acids is 2. The molecule has 2 amide bonds. The molecule has 150 valence electrons. The van der Waals surface area contributed by atoms with Crippen LogP contribution in [0.15, 0.2) is 29.2 Å². The molecule has 0 unspecified atom stereocenters. The maximum Gasteiger partial charge on any atom is 0.221 e. The lowest BCUT2D eigenvalue weighted by molar-refractivity contribution is -0.122. The fraction of sp³-hybridized carbons (Fsp3) is 0.556. The molecule has 0 saturated carbocycles. The summed E-state index contributed by atoms with van der Waals surface area (Å²) in [6.45, 7) is 2.70. The number of sulfone groups is 1. The summed E-state index contributed by atoms with van der Waals surface area (Å²) in [4.78, 5) is 23.2. The van der Waals surface area contributed by atoms with E-state index in [-0.39, 0.29) is 35.5 Å². The Hall–Kier alpha value is -1.97. The lowest BCUT2D eigenvalue weighted by atomic mass is 9.81. The van der Waals surface area contributed by atoms with Gasteiger partial charge in [-0.1, -0.05) is 0 Å². The average Bonchev–Trinajstić information content (AvgIpc) is 2.65. The molecule has 1 heterocycles. The third-order valence-corrected chi connectivity index (χ3v) is 6.41. The number of hydrogen-bond acceptors (Lipinski definition) is 6. The first-order valence-corrected chi connectivity index (χ1v) is 10.5. The molecule has 2 rings (SSSR count). The maximum atomic E-state index is 12.4. The van der Waals surface area contributed by atoms with Gasteiger partial charge >= 0.3 is 0 Å². The van der Waals surface area contributed by atoms with Gasteiger partial charge in [-0.2, -0.15) is 0 Å². The van der Waals surface area contributed by atoms with Crippen molar-refractivity contribution in [3.63, 3.8) is 0 Å². The van der Waals surface area contributed by atoms with E-state index in [1.54, 1.807) is 0 Å². The SMILES string of the molecule is CC(=O)Nc1ccc(S(=O)(=O)CCC(=O)NCC2(CO)CCOCC2)cc1. The topological polar surface area (TPSA) is 122 Å². The second-order valence-corrected chi connectivity index (χ2v) is 8.93. The fourth-order valence-electron chi connectivity index (χ4n) is 2.86. The predicted molar refractivity (Wildman–Crippen MR) is 100.0 cm³/mol. The molecule has 8 nitrogen and oxygen atoms in total. The number of benzene rings is 1. The standard InChI is InChI=1S/C18H26N2O6S/c1-14(22)20-15-2-4-16(5-3-15)27(24,25)11-6-17(23)19-12-18(13-21)7-9-26-10-8-18/h2-5,21H,6-13H2,1H3,(H,19,23)(H,20,22). The Morgan fingerprint density at radius 1 is 1.19 bits per heavy atom. The van der Waals surface area contributed by atoms with Gasteiger partial charge in [0.05, 0.1) is 17.3 Å². The molecule has 1 saturated heterocycles. The predicted octanol–water partition coefficient (Wildman–Crippen LogP) is 0.714. The van der Waals surface area contributed by atoms with Crippen molar-refractivity contribution in [3.8, 4) is 0 Å². The van der Waals surface area contributed by atoms with Crippen LogP contribution >= 0.6 is 0 Å². The van der Waals surface area contributed by atoms with Gasteiger partial charge in [0, 0.05) is 44.2 Å². The van der Waals surface area contributed by atoms with Crippen LogP contribution in [0.3, 0.4) is 0 Å². The van der Waals surface area contributed by atoms with E-state index in [2.05, 4.69) is 10.6 Å². The van der Waals surface area contributed by atoms with E-state index in [1.165, 1.54) is 31.2 Å². The van der Waals surface area contributed by atoms with Crippen molar-refractivity contribution in [1.82, 2.24) is 5.32 Å². The number of anilines is 1. The number of hydrogen-bond donors (Lipinski definition) is 3. The normalized spacial score (nSPS) is 16.5. The van der Waals surface area contributed by atoms with Crippen LogP contribution < -0.4 is 10.6 Å². The van der Waals surface area contributed by atoms with Gasteiger partial charge in [-0.05, 0) is 37.1 Å². The summed E-state index contributed by atoms with van der Waals surface area (Å²) >= 11 is 0. The minimum absolute atomic E-state index is 0.0460. The molecule has 0 bridgehead atoms. The third-order valence-electron chi connectivity index (χ3n) is 4.68. The van der Waals surface area contributed by atoms with Crippen LogP contribution in [0.4, 0.5) is 5.69 Å². The Labute approximate surface area is 159 Å². The van der Waals surface area contributed by atoms with Crippen LogP contribution in [0.1, 0.15) is 26.2 Å². The van der Waals surface area contributed by atoms with Crippen molar-refractivity contribution in [2.45, 2.75) is 31.1 Å². The van der Waals surface area contributed by atoms with Crippen molar-refractivity contribution >= 4 is 27.3 Å². The van der Waals surface area contributed by atoms with Crippen LogP contribution in [-0.2, 0) is 24.2 Å². The van der Waals surface area contributed by atoms with E-state index in [4.69, 9.17) is 4.74 Å². The maximum absolute atomic E-state index is 12.4. The molecule has 0 aromatic heterocycles. The van der Waals surface area contributed by atoms with Crippen molar-refractivity contribution in [2.24, 2.45) is 5.41 Å². The van der Waals surface area contributed by atoms with Crippen LogP contribution in [0, 0.1) is 5.41 Å². The molecule has 27 heavy (non-hydrogen) atoms. The molecule has 0 atom stereocenters. The highest BCUT2D eigenvalue weighted by Crippen LogP contribution is 2.29. The van der Waals surface area contributed by atoms with Crippen molar-refractivity contribution < 1.29 is 27.9 Å². The first kappa shape index (κ1) is 21.3. The largest absolute Gasteiger partial charge is 0.396 e. The molecule has 0 radical (unpaired) electrons. The Morgan fingerprint density at radius 3 is 2.37 bits per heavy atom. The van der Waals surface area contributed by atoms with Gasteiger partial charge in [0.1, 0.15) is 0 Å². The lowest BCUT2D eigenvalue weighted by Crippen LogP contribution is -2.44. The van der Waals surface area contributed by atoms with Crippen LogP contribution in [-0.4, -0.2) is 57.5 Å². The monoisotopic (exact) mass is 398 g/mol. The van der Waals surface area contributed by atoms with Gasteiger partial charge in [-0.15, -0.1) is 0 Å². The van der Waals surface area contributed by atoms with Crippen LogP contribution in [0.2, 0.25) is 0 Å². The second kappa shape index (κ2) is 9.29. The fourth-order valence-corrected chi connectivity index (χ4v) is 4.10. The highest BCUT2D eigenvalue weighted by Gasteiger charge is 2.32. The molecular weight excluding hydrogens is 372 g/mol. The zero-order valence-electron chi connectivity index (χ0n) is 15.4. The zero-order valence-corrected chi connectivity index (χ0v) is 16.2. The molecule has 0 spiro atoms. The molecule has 3 N–H and O–H groups in total. The molecule has 9 heteroatoms. The van der Waals surface area contributed by atoms with E-state index in [9.17, 15) is 23.1 Å². The molecule has 1 fully saturated rings. The molecule has 1 aromatic carbocycles. The summed E-state index contributed by atoms with van der Waals surface area (Å²) in [7, 11) is -3.61. The Morgan fingerprint density at radius 2 is 1.81 bits per heavy atom. The Balaban J connectivity index is 1.86. The molecule has 1 aromatic rings. The highest BCUT2D eigenvalue weighted by molar-refractivity contribution is 7.91. The Kier molecular flexibility index (Phi) is 7.34. The summed E-state index contributed by atoms with van der Waals surface area (Å²) in [6, 6.07) is 5.82. The number of aliphatic hydroxyl groups excluding tert-OH is 1. The molecule has 1 aliphatic rings. The number of carbonyl (C=O) groups is 2. The van der Waals surface area contributed by atoms with Gasteiger partial charge < -0.3 is 20.5 Å². The minimum Gasteiger partial charge on any atom is -0.396 e. The van der Waals surface area contributed by atoms with Gasteiger partial charge in [-0.3, -0.25) is 9.59 Å². The van der Waals surface area contributed by atoms with E-state index in [0.29, 0.717) is 38.3 Å². The summed E-state index contributed by atoms with van der Waals surface area (Å²) < 4.78 is 30.0. The first-order chi connectivity index (χ1) is 12.8. The lowest BCUT2D eigenvalue weighted by Gasteiger charge is -2.35. The molecule has 0 aliphatic carbocycles. The van der Waals surface area contributed by atoms with E-state index in [0.717, 1.165) is 0 Å². The highest BCUT2D eigenvalue weighted by atomic mass is 32.2. The summed E-state index contributed by atoms with van der Waals surface area (Å²) in [6.07, 6.45) is 1.15. The van der Waals surface area contributed by atoms with E-state index < -0.39 is 15.3 Å². The number of ether oxygens (including phenoxy) is 1. The zero-order chi connectivity index (χ0) is 19.9. The summed E-state index contributed by atoms with van der Waals surface area (Å²) in [5, 5.41) is 14.9. The third kappa shape index (κ3) is 6.30. The first-order valence-electron chi connectivity index (χ1n) is 8.82. The molecular formula is C18H26N2O6S. The quantitative estimate of drug-likeness (QED) is 0.593. The van der Waals surface area contributed by atoms with Crippen molar-refractivity contribution in [2.75, 3.05) is 37.4 Å². The minimum atomic E-state index is -3.61. The smallest absolute Gasteiger partial charge is 0.221 e. The molecule has 1 aliphatic heterocycles. The van der Waals surface area contributed by atoms with Crippen LogP contribution in [0.25, 0.3) is 0 Å². The number of aliphatic hydroxyl groups is 1. The van der Waals surface area contributed by atoms with Gasteiger partial charge in [0.15, 0.2) is 9.84 Å². The van der Waals surface area contributed by atoms with Crippen LogP contribution in [0.5, 0.6) is 0 Å². The van der Waals surface area contributed by atoms with Crippen molar-refractivity contribution in [1.29, 1.82) is 0 Å². The van der Waals surface area contributed by atoms with E-state index >= 15 is 0 Å².